The van der Waals surface area contributed by atoms with E-state index >= 15 is 0 Å². The van der Waals surface area contributed by atoms with Gasteiger partial charge in [-0.2, -0.15) is 17.7 Å². The van der Waals surface area contributed by atoms with Gasteiger partial charge in [-0.25, -0.2) is 8.42 Å². The van der Waals surface area contributed by atoms with E-state index in [1.54, 1.807) is 12.3 Å². The Morgan fingerprint density at radius 3 is 2.49 bits per heavy atom. The number of rotatable bonds is 4. The standard InChI is InChI=1S/C23H20N2O2.CHF3O3S/c1-3-27-19-11-12-21-17(15-19)8-10-18(25(21)2)9-7-16-13-14-24-23-20(16)5-4-6-22(23)26;2-1(3,4)8(5,6)7/h4-15H,3H2,1-2H3;(H,5,6,7). The van der Waals surface area contributed by atoms with Gasteiger partial charge in [-0.05, 0) is 48.9 Å². The van der Waals surface area contributed by atoms with E-state index in [1.807, 2.05) is 31.2 Å². The Hall–Kier alpha value is -3.70. The molecule has 0 spiro atoms. The zero-order valence-corrected chi connectivity index (χ0v) is 19.5. The van der Waals surface area contributed by atoms with Crippen LogP contribution in [0.2, 0.25) is 0 Å². The van der Waals surface area contributed by atoms with Crippen LogP contribution < -0.4 is 9.30 Å². The first kappa shape index (κ1) is 25.9. The summed E-state index contributed by atoms with van der Waals surface area (Å²) in [5, 5.41) is 12.1. The highest BCUT2D eigenvalue weighted by molar-refractivity contribution is 7.86. The number of aromatic hydroxyl groups is 1. The molecule has 0 aliphatic rings. The summed E-state index contributed by atoms with van der Waals surface area (Å²) in [6.45, 7) is 2.65. The second-order valence-corrected chi connectivity index (χ2v) is 8.65. The van der Waals surface area contributed by atoms with Gasteiger partial charge in [-0.3, -0.25) is 4.98 Å². The van der Waals surface area contributed by atoms with Crippen molar-refractivity contribution in [2.75, 3.05) is 6.61 Å². The number of alkyl halides is 3. The smallest absolute Gasteiger partial charge is 0.485 e. The maximum atomic E-state index is 10.7. The van der Waals surface area contributed by atoms with E-state index in [0.29, 0.717) is 12.1 Å². The van der Waals surface area contributed by atoms with Crippen LogP contribution in [0.15, 0.2) is 60.8 Å². The number of phenolic OH excluding ortho intramolecular Hbond substituents is 1. The second kappa shape index (κ2) is 10.3. The summed E-state index contributed by atoms with van der Waals surface area (Å²) >= 11 is 0. The van der Waals surface area contributed by atoms with Crippen LogP contribution in [0.1, 0.15) is 18.2 Å². The third kappa shape index (κ3) is 6.06. The number of hydrogen-bond donors (Lipinski definition) is 1. The number of phenols is 1. The fourth-order valence-corrected chi connectivity index (χ4v) is 3.32. The van der Waals surface area contributed by atoms with Gasteiger partial charge < -0.3 is 14.4 Å². The number of fused-ring (bicyclic) bond motifs is 2. The van der Waals surface area contributed by atoms with Crippen LogP contribution in [0.3, 0.4) is 0 Å². The predicted octanol–water partition coefficient (Wildman–Crippen LogP) is 4.54. The summed E-state index contributed by atoms with van der Waals surface area (Å²) < 4.78 is 66.6. The van der Waals surface area contributed by atoms with Crippen LogP contribution >= 0.6 is 0 Å². The zero-order valence-electron chi connectivity index (χ0n) is 18.7. The number of aryl methyl sites for hydroxylation is 1. The highest BCUT2D eigenvalue weighted by atomic mass is 32.2. The van der Waals surface area contributed by atoms with Crippen LogP contribution in [0.25, 0.3) is 34.0 Å². The normalized spacial score (nSPS) is 12.1. The van der Waals surface area contributed by atoms with Gasteiger partial charge in [0.2, 0.25) is 11.2 Å². The first-order valence-electron chi connectivity index (χ1n) is 10.2. The summed E-state index contributed by atoms with van der Waals surface area (Å²) in [5.41, 5.74) is -1.80. The number of hydrogen-bond acceptors (Lipinski definition) is 6. The molecule has 11 heteroatoms. The molecule has 0 aliphatic heterocycles. The number of pyridine rings is 2. The first-order chi connectivity index (χ1) is 16.4. The molecule has 0 amide bonds. The molecule has 0 aliphatic carbocycles. The lowest BCUT2D eigenvalue weighted by Crippen LogP contribution is -2.32. The second-order valence-electron chi connectivity index (χ2n) is 7.28. The summed E-state index contributed by atoms with van der Waals surface area (Å²) in [6, 6.07) is 17.8. The minimum Gasteiger partial charge on any atom is -0.741 e. The average molecular weight is 507 g/mol. The van der Waals surface area contributed by atoms with Gasteiger partial charge in [0.25, 0.3) is 0 Å². The molecule has 0 radical (unpaired) electrons. The molecule has 0 atom stereocenters. The molecule has 4 rings (SSSR count). The SMILES string of the molecule is CCOc1ccc2c(ccc(C=Cc3ccnc4c(O)cccc34)[n+]2C)c1.O=S(=O)([O-])C(F)(F)F. The Balaban J connectivity index is 0.000000371. The lowest BCUT2D eigenvalue weighted by molar-refractivity contribution is -0.646. The van der Waals surface area contributed by atoms with Gasteiger partial charge in [-0.1, -0.05) is 12.1 Å². The number of para-hydroxylation sites is 1. The molecule has 35 heavy (non-hydrogen) atoms. The van der Waals surface area contributed by atoms with Crippen molar-refractivity contribution >= 4 is 44.1 Å². The highest BCUT2D eigenvalue weighted by Gasteiger charge is 2.36. The van der Waals surface area contributed by atoms with Crippen molar-refractivity contribution in [3.63, 3.8) is 0 Å². The fourth-order valence-electron chi connectivity index (χ4n) is 3.32. The number of aromatic nitrogens is 2. The number of ether oxygens (including phenoxy) is 1. The monoisotopic (exact) mass is 506 g/mol. The predicted molar refractivity (Wildman–Crippen MR) is 124 cm³/mol. The summed E-state index contributed by atoms with van der Waals surface area (Å²) in [4.78, 5) is 4.28. The van der Waals surface area contributed by atoms with E-state index in [0.717, 1.165) is 33.3 Å². The maximum Gasteiger partial charge on any atom is 0.485 e. The molecule has 0 saturated heterocycles. The van der Waals surface area contributed by atoms with E-state index in [2.05, 4.69) is 53.0 Å². The molecule has 7 nitrogen and oxygen atoms in total. The fraction of sp³-hybridized carbons (Fsp3) is 0.167. The summed E-state index contributed by atoms with van der Waals surface area (Å²) in [5.74, 6) is 1.08. The van der Waals surface area contributed by atoms with E-state index < -0.39 is 15.6 Å². The number of halogens is 3. The third-order valence-electron chi connectivity index (χ3n) is 4.99. The molecular weight excluding hydrogens is 485 g/mol. The van der Waals surface area contributed by atoms with Gasteiger partial charge in [0.05, 0.1) is 12.0 Å². The molecule has 1 N–H and O–H groups in total. The summed E-state index contributed by atoms with van der Waals surface area (Å²) in [7, 11) is -4.04. The molecule has 0 saturated carbocycles. The largest absolute Gasteiger partial charge is 0.741 e. The Morgan fingerprint density at radius 1 is 1.11 bits per heavy atom. The van der Waals surface area contributed by atoms with Crippen LogP contribution in [-0.2, 0) is 17.2 Å². The van der Waals surface area contributed by atoms with Crippen molar-refractivity contribution in [2.24, 2.45) is 7.05 Å². The van der Waals surface area contributed by atoms with Gasteiger partial charge >= 0.3 is 5.51 Å². The van der Waals surface area contributed by atoms with Gasteiger partial charge in [0, 0.05) is 29.8 Å². The molecular formula is C24H21F3N2O5S. The van der Waals surface area contributed by atoms with Crippen LogP contribution in [0.4, 0.5) is 13.2 Å². The zero-order chi connectivity index (χ0) is 25.8. The van der Waals surface area contributed by atoms with Gasteiger partial charge in [0.15, 0.2) is 10.1 Å². The van der Waals surface area contributed by atoms with Crippen LogP contribution in [0, 0.1) is 0 Å². The molecule has 4 aromatic rings. The first-order valence-corrected chi connectivity index (χ1v) is 11.7. The topological polar surface area (TPSA) is 103 Å². The highest BCUT2D eigenvalue weighted by Crippen LogP contribution is 2.26. The molecule has 2 heterocycles. The Labute approximate surface area is 199 Å². The summed E-state index contributed by atoms with van der Waals surface area (Å²) in [6.07, 6.45) is 5.85. The van der Waals surface area contributed by atoms with Gasteiger partial charge in [0.1, 0.15) is 24.1 Å². The number of benzene rings is 2. The van der Waals surface area contributed by atoms with E-state index in [1.165, 1.54) is 0 Å². The molecule has 0 unspecified atom stereocenters. The molecule has 184 valence electrons. The van der Waals surface area contributed by atoms with Gasteiger partial charge in [-0.15, -0.1) is 0 Å². The Morgan fingerprint density at radius 2 is 1.83 bits per heavy atom. The average Bonchev–Trinajstić information content (AvgIpc) is 2.78. The van der Waals surface area contributed by atoms with E-state index in [9.17, 15) is 18.3 Å². The lowest BCUT2D eigenvalue weighted by atomic mass is 10.1. The quantitative estimate of drug-likeness (QED) is 0.248. The van der Waals surface area contributed by atoms with Crippen LogP contribution in [0.5, 0.6) is 11.5 Å². The maximum absolute atomic E-state index is 10.7. The lowest BCUT2D eigenvalue weighted by Gasteiger charge is -2.08. The van der Waals surface area contributed by atoms with Crippen molar-refractivity contribution in [1.82, 2.24) is 4.98 Å². The van der Waals surface area contributed by atoms with Crippen LogP contribution in [-0.4, -0.2) is 35.2 Å². The minimum atomic E-state index is -6.09. The minimum absolute atomic E-state index is 0.198. The van der Waals surface area contributed by atoms with Crippen molar-refractivity contribution in [3.8, 4) is 11.5 Å². The molecule has 0 bridgehead atoms. The van der Waals surface area contributed by atoms with E-state index in [-0.39, 0.29) is 5.75 Å². The van der Waals surface area contributed by atoms with Crippen molar-refractivity contribution in [1.29, 1.82) is 0 Å². The molecule has 0 fully saturated rings. The van der Waals surface area contributed by atoms with E-state index in [4.69, 9.17) is 17.7 Å². The number of nitrogens with zero attached hydrogens (tertiary/aromatic N) is 2. The third-order valence-corrected chi connectivity index (χ3v) is 5.56. The van der Waals surface area contributed by atoms with Crippen molar-refractivity contribution in [3.05, 3.63) is 72.1 Å². The molecule has 2 aromatic heterocycles. The molecule has 2 aromatic carbocycles. The van der Waals surface area contributed by atoms with Crippen molar-refractivity contribution < 1.29 is 40.6 Å². The Bertz CT molecular complexity index is 1500. The Kier molecular flexibility index (Phi) is 7.61. The van der Waals surface area contributed by atoms with Crippen molar-refractivity contribution in [2.45, 2.75) is 12.4 Å².